The lowest BCUT2D eigenvalue weighted by Crippen LogP contribution is -2.25. The Morgan fingerprint density at radius 3 is 2.48 bits per heavy atom. The number of aryl methyl sites for hydroxylation is 1. The summed E-state index contributed by atoms with van der Waals surface area (Å²) in [5.74, 6) is -1.72. The van der Waals surface area contributed by atoms with Crippen molar-refractivity contribution in [3.05, 3.63) is 56.9 Å². The summed E-state index contributed by atoms with van der Waals surface area (Å²) in [7, 11) is 0. The van der Waals surface area contributed by atoms with Gasteiger partial charge in [-0.05, 0) is 31.5 Å². The zero-order valence-electron chi connectivity index (χ0n) is 12.5. The quantitative estimate of drug-likeness (QED) is 0.630. The Morgan fingerprint density at radius 1 is 1.13 bits per heavy atom. The van der Waals surface area contributed by atoms with E-state index in [1.165, 1.54) is 6.92 Å². The molecule has 1 aliphatic rings. The second kappa shape index (κ2) is 4.91. The Labute approximate surface area is 130 Å². The fourth-order valence-electron chi connectivity index (χ4n) is 2.65. The fourth-order valence-corrected chi connectivity index (χ4v) is 2.65. The molecule has 2 heterocycles. The number of nitrogens with two attached hydrogens (primary N) is 1. The van der Waals surface area contributed by atoms with Crippen molar-refractivity contribution in [3.63, 3.8) is 0 Å². The van der Waals surface area contributed by atoms with Crippen LogP contribution in [0.3, 0.4) is 0 Å². The van der Waals surface area contributed by atoms with Crippen molar-refractivity contribution in [2.45, 2.75) is 13.8 Å². The highest BCUT2D eigenvalue weighted by Gasteiger charge is 2.32. The Bertz CT molecular complexity index is 957. The first-order valence-corrected chi connectivity index (χ1v) is 6.84. The standard InChI is InChI=1S/C16H13N3O4/c1-7-3-4-9(8(2)20)11(5-7)19-12(21)6-10-13(14(19)17)16(23)18-15(10)22/h3-6H,17H2,1-2H3,(H,18,22,23). The van der Waals surface area contributed by atoms with Gasteiger partial charge in [-0.1, -0.05) is 6.07 Å². The van der Waals surface area contributed by atoms with Crippen LogP contribution in [0.5, 0.6) is 0 Å². The lowest BCUT2D eigenvalue weighted by atomic mass is 10.0. The van der Waals surface area contributed by atoms with E-state index in [1.54, 1.807) is 25.1 Å². The van der Waals surface area contributed by atoms with Gasteiger partial charge in [-0.25, -0.2) is 0 Å². The summed E-state index contributed by atoms with van der Waals surface area (Å²) in [5.41, 5.74) is 6.70. The smallest absolute Gasteiger partial charge is 0.262 e. The van der Waals surface area contributed by atoms with E-state index in [2.05, 4.69) is 5.32 Å². The van der Waals surface area contributed by atoms with Gasteiger partial charge in [0.2, 0.25) is 0 Å². The number of carbonyl (C=O) groups is 3. The number of imide groups is 1. The SMILES string of the molecule is CC(=O)c1ccc(C)cc1-n1c(N)c2c(cc1=O)C(=O)NC2=O. The lowest BCUT2D eigenvalue weighted by molar-refractivity contribution is 0.0879. The maximum atomic E-state index is 12.4. The van der Waals surface area contributed by atoms with E-state index >= 15 is 0 Å². The van der Waals surface area contributed by atoms with Gasteiger partial charge in [-0.3, -0.25) is 29.1 Å². The average molecular weight is 311 g/mol. The van der Waals surface area contributed by atoms with E-state index in [0.29, 0.717) is 5.56 Å². The molecule has 0 saturated carbocycles. The van der Waals surface area contributed by atoms with Crippen LogP contribution in [0.15, 0.2) is 29.1 Å². The molecule has 23 heavy (non-hydrogen) atoms. The average Bonchev–Trinajstić information content (AvgIpc) is 2.73. The number of fused-ring (bicyclic) bond motifs is 1. The van der Waals surface area contributed by atoms with Crippen LogP contribution >= 0.6 is 0 Å². The van der Waals surface area contributed by atoms with Crippen LogP contribution in [0.1, 0.15) is 43.6 Å². The number of ketones is 1. The number of carbonyl (C=O) groups excluding carboxylic acids is 3. The molecule has 1 aromatic carbocycles. The van der Waals surface area contributed by atoms with Crippen molar-refractivity contribution in [1.29, 1.82) is 0 Å². The van der Waals surface area contributed by atoms with Crippen molar-refractivity contribution < 1.29 is 14.4 Å². The first-order valence-electron chi connectivity index (χ1n) is 6.84. The van der Waals surface area contributed by atoms with Crippen LogP contribution in [0, 0.1) is 6.92 Å². The van der Waals surface area contributed by atoms with E-state index < -0.39 is 17.4 Å². The van der Waals surface area contributed by atoms with Crippen molar-refractivity contribution in [2.24, 2.45) is 0 Å². The van der Waals surface area contributed by atoms with E-state index in [0.717, 1.165) is 16.2 Å². The zero-order valence-corrected chi connectivity index (χ0v) is 12.5. The summed E-state index contributed by atoms with van der Waals surface area (Å²) in [6, 6.07) is 6.02. The molecule has 0 aliphatic carbocycles. The van der Waals surface area contributed by atoms with Gasteiger partial charge in [0.25, 0.3) is 17.4 Å². The molecule has 1 aromatic heterocycles. The fraction of sp³-hybridized carbons (Fsp3) is 0.125. The third-order valence-electron chi connectivity index (χ3n) is 3.73. The minimum Gasteiger partial charge on any atom is -0.384 e. The number of benzene rings is 1. The molecule has 1 aliphatic heterocycles. The minimum absolute atomic E-state index is 0.0502. The summed E-state index contributed by atoms with van der Waals surface area (Å²) in [4.78, 5) is 47.8. The van der Waals surface area contributed by atoms with Crippen LogP contribution in [0.4, 0.5) is 5.82 Å². The molecule has 0 radical (unpaired) electrons. The predicted molar refractivity (Wildman–Crippen MR) is 83.0 cm³/mol. The molecule has 0 fully saturated rings. The third kappa shape index (κ3) is 2.13. The maximum Gasteiger partial charge on any atom is 0.262 e. The number of nitrogen functional groups attached to an aromatic ring is 1. The van der Waals surface area contributed by atoms with Crippen molar-refractivity contribution in [3.8, 4) is 5.69 Å². The highest BCUT2D eigenvalue weighted by molar-refractivity contribution is 6.23. The molecule has 3 rings (SSSR count). The molecular formula is C16H13N3O4. The molecule has 0 spiro atoms. The van der Waals surface area contributed by atoms with E-state index in [9.17, 15) is 19.2 Å². The second-order valence-corrected chi connectivity index (χ2v) is 5.35. The normalized spacial score (nSPS) is 13.0. The van der Waals surface area contributed by atoms with Crippen molar-refractivity contribution in [2.75, 3.05) is 5.73 Å². The van der Waals surface area contributed by atoms with E-state index in [1.807, 2.05) is 0 Å². The number of Topliss-reactive ketones (excluding diaryl/α,β-unsaturated/α-hetero) is 1. The molecule has 116 valence electrons. The number of rotatable bonds is 2. The Hall–Kier alpha value is -3.22. The van der Waals surface area contributed by atoms with E-state index in [-0.39, 0.29) is 28.4 Å². The van der Waals surface area contributed by atoms with Crippen molar-refractivity contribution in [1.82, 2.24) is 9.88 Å². The number of anilines is 1. The highest BCUT2D eigenvalue weighted by atomic mass is 16.2. The number of pyridine rings is 1. The van der Waals surface area contributed by atoms with Gasteiger partial charge in [0.15, 0.2) is 5.78 Å². The molecule has 7 nitrogen and oxygen atoms in total. The molecule has 2 amide bonds. The summed E-state index contributed by atoms with van der Waals surface area (Å²) in [6.07, 6.45) is 0. The van der Waals surface area contributed by atoms with Crippen LogP contribution in [-0.4, -0.2) is 22.2 Å². The number of nitrogens with zero attached hydrogens (tertiary/aromatic N) is 1. The number of nitrogens with one attached hydrogen (secondary N) is 1. The molecule has 0 atom stereocenters. The van der Waals surface area contributed by atoms with Gasteiger partial charge in [-0.2, -0.15) is 0 Å². The zero-order chi connectivity index (χ0) is 16.9. The Morgan fingerprint density at radius 2 is 1.83 bits per heavy atom. The second-order valence-electron chi connectivity index (χ2n) is 5.35. The van der Waals surface area contributed by atoms with Gasteiger partial charge in [-0.15, -0.1) is 0 Å². The molecule has 3 N–H and O–H groups in total. The maximum absolute atomic E-state index is 12.4. The molecule has 7 heteroatoms. The predicted octanol–water partition coefficient (Wildman–Crippen LogP) is 0.814. The summed E-state index contributed by atoms with van der Waals surface area (Å²) < 4.78 is 1.08. The van der Waals surface area contributed by atoms with Crippen LogP contribution < -0.4 is 16.6 Å². The first-order chi connectivity index (χ1) is 10.8. The van der Waals surface area contributed by atoms with Gasteiger partial charge in [0, 0.05) is 11.6 Å². The summed E-state index contributed by atoms with van der Waals surface area (Å²) in [6.45, 7) is 3.18. The molecule has 0 saturated heterocycles. The van der Waals surface area contributed by atoms with Crippen LogP contribution in [0.2, 0.25) is 0 Å². The topological polar surface area (TPSA) is 111 Å². The minimum atomic E-state index is -0.659. The monoisotopic (exact) mass is 311 g/mol. The lowest BCUT2D eigenvalue weighted by Gasteiger charge is -2.15. The molecule has 0 bridgehead atoms. The highest BCUT2D eigenvalue weighted by Crippen LogP contribution is 2.25. The largest absolute Gasteiger partial charge is 0.384 e. The molecule has 2 aromatic rings. The number of aromatic nitrogens is 1. The third-order valence-corrected chi connectivity index (χ3v) is 3.73. The Balaban J connectivity index is 2.40. The van der Waals surface area contributed by atoms with Crippen molar-refractivity contribution >= 4 is 23.4 Å². The van der Waals surface area contributed by atoms with Gasteiger partial charge in [0.05, 0.1) is 16.8 Å². The Kier molecular flexibility index (Phi) is 3.14. The first kappa shape index (κ1) is 14.7. The molecular weight excluding hydrogens is 298 g/mol. The molecule has 0 unspecified atom stereocenters. The van der Waals surface area contributed by atoms with Crippen LogP contribution in [0.25, 0.3) is 5.69 Å². The number of hydrogen-bond donors (Lipinski definition) is 2. The van der Waals surface area contributed by atoms with Gasteiger partial charge < -0.3 is 5.73 Å². The summed E-state index contributed by atoms with van der Waals surface area (Å²) in [5, 5.41) is 2.10. The number of hydrogen-bond acceptors (Lipinski definition) is 5. The van der Waals surface area contributed by atoms with Crippen LogP contribution in [-0.2, 0) is 0 Å². The van der Waals surface area contributed by atoms with Gasteiger partial charge in [0.1, 0.15) is 5.82 Å². The summed E-state index contributed by atoms with van der Waals surface area (Å²) >= 11 is 0. The van der Waals surface area contributed by atoms with Gasteiger partial charge >= 0.3 is 0 Å². The number of amides is 2. The van der Waals surface area contributed by atoms with E-state index in [4.69, 9.17) is 5.73 Å².